The zero-order chi connectivity index (χ0) is 18.9. The Bertz CT molecular complexity index is 808. The van der Waals surface area contributed by atoms with Crippen LogP contribution in [-0.4, -0.2) is 58.5 Å². The number of ether oxygens (including phenoxy) is 1. The number of carbonyl (C=O) groups is 1. The zero-order valence-electron chi connectivity index (χ0n) is 15.6. The molecule has 0 aliphatic carbocycles. The summed E-state index contributed by atoms with van der Waals surface area (Å²) < 4.78 is 7.25. The Morgan fingerprint density at radius 2 is 2.33 bits per heavy atom. The van der Waals surface area contributed by atoms with Crippen LogP contribution >= 0.6 is 0 Å². The second-order valence-corrected chi connectivity index (χ2v) is 7.48. The fourth-order valence-electron chi connectivity index (χ4n) is 4.35. The van der Waals surface area contributed by atoms with E-state index in [0.717, 1.165) is 36.4 Å². The molecule has 2 aromatic rings. The number of hydrogen-bond donors (Lipinski definition) is 2. The van der Waals surface area contributed by atoms with Gasteiger partial charge in [-0.25, -0.2) is 4.68 Å². The third-order valence-corrected chi connectivity index (χ3v) is 5.83. The summed E-state index contributed by atoms with van der Waals surface area (Å²) in [5.74, 6) is 0.784. The first-order chi connectivity index (χ1) is 13.1. The molecular weight excluding hydrogens is 344 g/mol. The lowest BCUT2D eigenvalue weighted by molar-refractivity contribution is -0.149. The Morgan fingerprint density at radius 1 is 1.44 bits per heavy atom. The van der Waals surface area contributed by atoms with Gasteiger partial charge in [-0.2, -0.15) is 5.10 Å². The van der Waals surface area contributed by atoms with Crippen LogP contribution in [-0.2, 0) is 11.3 Å². The number of hydrogen-bond acceptors (Lipinski definition) is 5. The highest BCUT2D eigenvalue weighted by Crippen LogP contribution is 2.38. The smallest absolute Gasteiger partial charge is 0.230 e. The molecule has 0 unspecified atom stereocenters. The Morgan fingerprint density at radius 3 is 3.07 bits per heavy atom. The van der Waals surface area contributed by atoms with Crippen LogP contribution in [0.4, 0.5) is 0 Å². The number of aliphatic hydroxyl groups is 1. The predicted octanol–water partition coefficient (Wildman–Crippen LogP) is 1.34. The summed E-state index contributed by atoms with van der Waals surface area (Å²) in [6.07, 6.45) is 5.35. The number of nitrogens with zero attached hydrogens (tertiary/aromatic N) is 3. The number of piperidine rings is 2. The molecule has 4 rings (SSSR count). The first-order valence-electron chi connectivity index (χ1n) is 9.48. The van der Waals surface area contributed by atoms with Gasteiger partial charge in [-0.1, -0.05) is 0 Å². The van der Waals surface area contributed by atoms with Crippen molar-refractivity contribution in [1.29, 1.82) is 0 Å². The van der Waals surface area contributed by atoms with E-state index in [1.54, 1.807) is 13.3 Å². The summed E-state index contributed by atoms with van der Waals surface area (Å²) in [5, 5.41) is 17.9. The van der Waals surface area contributed by atoms with Gasteiger partial charge in [0.2, 0.25) is 5.91 Å². The number of methoxy groups -OCH3 is 1. The topological polar surface area (TPSA) is 79.6 Å². The Balaban J connectivity index is 1.61. The van der Waals surface area contributed by atoms with Crippen LogP contribution in [0.3, 0.4) is 0 Å². The van der Waals surface area contributed by atoms with Crippen LogP contribution in [0.15, 0.2) is 36.7 Å². The van der Waals surface area contributed by atoms with Crippen LogP contribution in [0.5, 0.6) is 5.75 Å². The largest absolute Gasteiger partial charge is 0.497 e. The first-order valence-corrected chi connectivity index (χ1v) is 9.48. The van der Waals surface area contributed by atoms with Crippen molar-refractivity contribution in [2.24, 2.45) is 5.41 Å². The molecule has 3 heterocycles. The normalized spacial score (nSPS) is 26.1. The van der Waals surface area contributed by atoms with Gasteiger partial charge in [-0.05, 0) is 49.1 Å². The number of nitrogens with one attached hydrogen (secondary N) is 1. The van der Waals surface area contributed by atoms with E-state index >= 15 is 0 Å². The van der Waals surface area contributed by atoms with Gasteiger partial charge in [-0.3, -0.25) is 9.69 Å². The molecule has 1 amide bonds. The van der Waals surface area contributed by atoms with E-state index in [4.69, 9.17) is 4.74 Å². The van der Waals surface area contributed by atoms with Gasteiger partial charge in [0.1, 0.15) is 5.75 Å². The van der Waals surface area contributed by atoms with Crippen molar-refractivity contribution in [3.05, 3.63) is 42.2 Å². The number of carbonyl (C=O) groups excluding carboxylic acids is 1. The minimum atomic E-state index is -0.693. The lowest BCUT2D eigenvalue weighted by Crippen LogP contribution is -2.61. The second kappa shape index (κ2) is 7.32. The maximum absolute atomic E-state index is 12.6. The van der Waals surface area contributed by atoms with E-state index in [-0.39, 0.29) is 5.91 Å². The van der Waals surface area contributed by atoms with Crippen molar-refractivity contribution >= 4 is 5.91 Å². The molecule has 2 atom stereocenters. The molecule has 2 aliphatic heterocycles. The van der Waals surface area contributed by atoms with Gasteiger partial charge < -0.3 is 15.2 Å². The maximum atomic E-state index is 12.6. The van der Waals surface area contributed by atoms with E-state index in [1.165, 1.54) is 0 Å². The highest BCUT2D eigenvalue weighted by molar-refractivity contribution is 5.84. The number of amides is 1. The lowest BCUT2D eigenvalue weighted by atomic mass is 9.71. The predicted molar refractivity (Wildman–Crippen MR) is 101 cm³/mol. The highest BCUT2D eigenvalue weighted by Gasteiger charge is 2.49. The molecule has 144 valence electrons. The summed E-state index contributed by atoms with van der Waals surface area (Å²) >= 11 is 0. The molecule has 2 saturated heterocycles. The monoisotopic (exact) mass is 370 g/mol. The summed E-state index contributed by atoms with van der Waals surface area (Å²) in [6.45, 7) is 2.70. The van der Waals surface area contributed by atoms with Crippen molar-refractivity contribution in [2.75, 3.05) is 26.7 Å². The molecule has 0 bridgehead atoms. The quantitative estimate of drug-likeness (QED) is 0.849. The molecular formula is C20H26N4O3. The van der Waals surface area contributed by atoms with Gasteiger partial charge in [-0.15, -0.1) is 0 Å². The SMILES string of the molecule is COc1ccc(-n2cccn2)c(CN2CC[C@H](O)[C@@]3(CCCNC3=O)C2)c1. The summed E-state index contributed by atoms with van der Waals surface area (Å²) in [6, 6.07) is 7.85. The Labute approximate surface area is 158 Å². The first kappa shape index (κ1) is 18.0. The highest BCUT2D eigenvalue weighted by atomic mass is 16.5. The molecule has 7 heteroatoms. The minimum absolute atomic E-state index is 0.0103. The van der Waals surface area contributed by atoms with Crippen LogP contribution in [0, 0.1) is 5.41 Å². The second-order valence-electron chi connectivity index (χ2n) is 7.48. The molecule has 1 aromatic carbocycles. The van der Waals surface area contributed by atoms with Gasteiger partial charge >= 0.3 is 0 Å². The Kier molecular flexibility index (Phi) is 4.88. The third-order valence-electron chi connectivity index (χ3n) is 5.83. The van der Waals surface area contributed by atoms with Crippen molar-refractivity contribution in [1.82, 2.24) is 20.0 Å². The average Bonchev–Trinajstić information content (AvgIpc) is 3.21. The number of aromatic nitrogens is 2. The van der Waals surface area contributed by atoms with Gasteiger partial charge in [0.05, 0.1) is 24.3 Å². The average molecular weight is 370 g/mol. The van der Waals surface area contributed by atoms with Crippen molar-refractivity contribution in [2.45, 2.75) is 31.9 Å². The molecule has 2 N–H and O–H groups in total. The fraction of sp³-hybridized carbons (Fsp3) is 0.500. The summed E-state index contributed by atoms with van der Waals surface area (Å²) in [7, 11) is 1.66. The molecule has 2 fully saturated rings. The Hall–Kier alpha value is -2.38. The molecule has 7 nitrogen and oxygen atoms in total. The third kappa shape index (κ3) is 3.33. The van der Waals surface area contributed by atoms with E-state index in [2.05, 4.69) is 15.3 Å². The molecule has 0 saturated carbocycles. The number of benzene rings is 1. The number of rotatable bonds is 4. The lowest BCUT2D eigenvalue weighted by Gasteiger charge is -2.47. The summed E-state index contributed by atoms with van der Waals surface area (Å²) in [4.78, 5) is 14.9. The van der Waals surface area contributed by atoms with Crippen LogP contribution < -0.4 is 10.1 Å². The maximum Gasteiger partial charge on any atom is 0.230 e. The molecule has 27 heavy (non-hydrogen) atoms. The number of likely N-dealkylation sites (tertiary alicyclic amines) is 1. The van der Waals surface area contributed by atoms with E-state index in [9.17, 15) is 9.90 Å². The summed E-state index contributed by atoms with van der Waals surface area (Å²) in [5.41, 5.74) is 1.39. The molecule has 1 spiro atoms. The molecule has 0 radical (unpaired) electrons. The van der Waals surface area contributed by atoms with E-state index in [0.29, 0.717) is 26.1 Å². The van der Waals surface area contributed by atoms with Crippen molar-refractivity contribution < 1.29 is 14.6 Å². The van der Waals surface area contributed by atoms with Crippen molar-refractivity contribution in [3.8, 4) is 11.4 Å². The minimum Gasteiger partial charge on any atom is -0.497 e. The standard InChI is InChI=1S/C20H26N4O3/c1-27-16-4-5-17(24-10-3-9-22-24)15(12-16)13-23-11-6-18(25)20(14-23)7-2-8-21-19(20)26/h3-5,9-10,12,18,25H,2,6-8,11,13-14H2,1H3,(H,21,26)/t18-,20+/m0/s1. The van der Waals surface area contributed by atoms with E-state index in [1.807, 2.05) is 35.1 Å². The van der Waals surface area contributed by atoms with E-state index < -0.39 is 11.5 Å². The molecule has 2 aliphatic rings. The molecule has 1 aromatic heterocycles. The van der Waals surface area contributed by atoms with Crippen molar-refractivity contribution in [3.63, 3.8) is 0 Å². The van der Waals surface area contributed by atoms with Gasteiger partial charge in [0, 0.05) is 38.6 Å². The van der Waals surface area contributed by atoms with Crippen LogP contribution in [0.2, 0.25) is 0 Å². The number of aliphatic hydroxyl groups excluding tert-OH is 1. The zero-order valence-corrected chi connectivity index (χ0v) is 15.6. The van der Waals surface area contributed by atoms with Gasteiger partial charge in [0.25, 0.3) is 0 Å². The van der Waals surface area contributed by atoms with Crippen LogP contribution in [0.1, 0.15) is 24.8 Å². The van der Waals surface area contributed by atoms with Crippen LogP contribution in [0.25, 0.3) is 5.69 Å². The van der Waals surface area contributed by atoms with Gasteiger partial charge in [0.15, 0.2) is 0 Å². The fourth-order valence-corrected chi connectivity index (χ4v) is 4.35.